The van der Waals surface area contributed by atoms with Gasteiger partial charge in [0.15, 0.2) is 0 Å². The summed E-state index contributed by atoms with van der Waals surface area (Å²) in [7, 11) is 1.79. The third kappa shape index (κ3) is 7.34. The van der Waals surface area contributed by atoms with Gasteiger partial charge in [-0.15, -0.1) is 0 Å². The molecule has 1 saturated heterocycles. The van der Waals surface area contributed by atoms with E-state index < -0.39 is 0 Å². The number of hydrogen-bond donors (Lipinski definition) is 1. The molecule has 1 heterocycles. The zero-order chi connectivity index (χ0) is 13.2. The highest BCUT2D eigenvalue weighted by molar-refractivity contribution is 4.77. The molecule has 1 rings (SSSR count). The first-order chi connectivity index (χ1) is 8.72. The number of nitrogens with zero attached hydrogens (tertiary/aromatic N) is 1. The molecule has 0 radical (unpaired) electrons. The topological polar surface area (TPSA) is 24.5 Å². The summed E-state index contributed by atoms with van der Waals surface area (Å²) in [6.45, 7) is 11.7. The molecule has 1 aliphatic heterocycles. The van der Waals surface area contributed by atoms with Gasteiger partial charge in [0.25, 0.3) is 0 Å². The first kappa shape index (κ1) is 15.9. The molecule has 1 aliphatic rings. The van der Waals surface area contributed by atoms with Crippen molar-refractivity contribution in [3.05, 3.63) is 0 Å². The normalized spacial score (nSPS) is 21.0. The Bertz CT molecular complexity index is 197. The number of rotatable bonds is 10. The molecule has 0 aromatic rings. The van der Waals surface area contributed by atoms with Crippen LogP contribution in [-0.2, 0) is 4.74 Å². The highest BCUT2D eigenvalue weighted by Crippen LogP contribution is 2.16. The maximum absolute atomic E-state index is 5.07. The van der Waals surface area contributed by atoms with Crippen molar-refractivity contribution in [2.75, 3.05) is 46.4 Å². The predicted molar refractivity (Wildman–Crippen MR) is 78.0 cm³/mol. The molecule has 0 amide bonds. The van der Waals surface area contributed by atoms with E-state index in [1.807, 2.05) is 0 Å². The van der Waals surface area contributed by atoms with Gasteiger partial charge in [-0.2, -0.15) is 0 Å². The number of nitrogens with one attached hydrogen (secondary N) is 1. The van der Waals surface area contributed by atoms with Gasteiger partial charge in [0.1, 0.15) is 0 Å². The van der Waals surface area contributed by atoms with Crippen LogP contribution >= 0.6 is 0 Å². The zero-order valence-corrected chi connectivity index (χ0v) is 12.6. The Labute approximate surface area is 113 Å². The molecule has 0 spiro atoms. The molecule has 0 bridgehead atoms. The standard InChI is InChI=1S/C15H32N2O/c1-14(2)11-16-12-15-7-9-17(13-15)8-5-4-6-10-18-3/h14-16H,4-13H2,1-3H3. The quantitative estimate of drug-likeness (QED) is 0.607. The van der Waals surface area contributed by atoms with Gasteiger partial charge in [-0.05, 0) is 63.7 Å². The Balaban J connectivity index is 1.96. The fourth-order valence-electron chi connectivity index (χ4n) is 2.62. The molecule has 3 heteroatoms. The third-order valence-electron chi connectivity index (χ3n) is 3.68. The molecule has 1 N–H and O–H groups in total. The van der Waals surface area contributed by atoms with Crippen LogP contribution in [0.1, 0.15) is 39.5 Å². The van der Waals surface area contributed by atoms with E-state index in [0.29, 0.717) is 0 Å². The summed E-state index contributed by atoms with van der Waals surface area (Å²) in [5.74, 6) is 1.64. The Hall–Kier alpha value is -0.120. The fourth-order valence-corrected chi connectivity index (χ4v) is 2.62. The summed E-state index contributed by atoms with van der Waals surface area (Å²) >= 11 is 0. The number of methoxy groups -OCH3 is 1. The third-order valence-corrected chi connectivity index (χ3v) is 3.68. The van der Waals surface area contributed by atoms with Crippen molar-refractivity contribution in [2.24, 2.45) is 11.8 Å². The lowest BCUT2D eigenvalue weighted by Crippen LogP contribution is -2.29. The molecular formula is C15H32N2O. The van der Waals surface area contributed by atoms with E-state index in [-0.39, 0.29) is 0 Å². The first-order valence-corrected chi connectivity index (χ1v) is 7.64. The number of hydrogen-bond acceptors (Lipinski definition) is 3. The Morgan fingerprint density at radius 1 is 1.28 bits per heavy atom. The molecule has 0 saturated carbocycles. The second-order valence-electron chi connectivity index (χ2n) is 6.06. The van der Waals surface area contributed by atoms with Crippen molar-refractivity contribution in [1.29, 1.82) is 0 Å². The van der Waals surface area contributed by atoms with Gasteiger partial charge in [-0.25, -0.2) is 0 Å². The van der Waals surface area contributed by atoms with Gasteiger partial charge >= 0.3 is 0 Å². The maximum Gasteiger partial charge on any atom is 0.0462 e. The fraction of sp³-hybridized carbons (Fsp3) is 1.00. The number of likely N-dealkylation sites (tertiary alicyclic amines) is 1. The zero-order valence-electron chi connectivity index (χ0n) is 12.6. The van der Waals surface area contributed by atoms with Crippen LogP contribution in [-0.4, -0.2) is 51.3 Å². The van der Waals surface area contributed by atoms with E-state index in [9.17, 15) is 0 Å². The van der Waals surface area contributed by atoms with Gasteiger partial charge < -0.3 is 15.0 Å². The molecule has 108 valence electrons. The molecule has 3 nitrogen and oxygen atoms in total. The van der Waals surface area contributed by atoms with Gasteiger partial charge in [0, 0.05) is 20.3 Å². The van der Waals surface area contributed by atoms with Crippen molar-refractivity contribution < 1.29 is 4.74 Å². The van der Waals surface area contributed by atoms with Crippen LogP contribution in [0.15, 0.2) is 0 Å². The molecule has 1 fully saturated rings. The molecule has 1 unspecified atom stereocenters. The highest BCUT2D eigenvalue weighted by Gasteiger charge is 2.21. The van der Waals surface area contributed by atoms with Crippen LogP contribution in [0.25, 0.3) is 0 Å². The van der Waals surface area contributed by atoms with E-state index in [0.717, 1.165) is 25.0 Å². The lowest BCUT2D eigenvalue weighted by molar-refractivity contribution is 0.190. The SMILES string of the molecule is COCCCCCN1CCC(CNCC(C)C)C1. The minimum Gasteiger partial charge on any atom is -0.385 e. The van der Waals surface area contributed by atoms with Gasteiger partial charge in [0.2, 0.25) is 0 Å². The number of unbranched alkanes of at least 4 members (excludes halogenated alkanes) is 2. The maximum atomic E-state index is 5.07. The smallest absolute Gasteiger partial charge is 0.0462 e. The van der Waals surface area contributed by atoms with Crippen LogP contribution in [0.3, 0.4) is 0 Å². The molecule has 1 atom stereocenters. The van der Waals surface area contributed by atoms with E-state index in [1.54, 1.807) is 7.11 Å². The van der Waals surface area contributed by atoms with Gasteiger partial charge in [-0.3, -0.25) is 0 Å². The van der Waals surface area contributed by atoms with Gasteiger partial charge in [0.05, 0.1) is 0 Å². The highest BCUT2D eigenvalue weighted by atomic mass is 16.5. The van der Waals surface area contributed by atoms with Crippen LogP contribution in [0.2, 0.25) is 0 Å². The average molecular weight is 256 g/mol. The predicted octanol–water partition coefficient (Wildman–Crippen LogP) is 2.37. The largest absolute Gasteiger partial charge is 0.385 e. The van der Waals surface area contributed by atoms with E-state index in [4.69, 9.17) is 4.74 Å². The lowest BCUT2D eigenvalue weighted by Gasteiger charge is -2.16. The lowest BCUT2D eigenvalue weighted by atomic mass is 10.1. The van der Waals surface area contributed by atoms with Crippen LogP contribution in [0, 0.1) is 11.8 Å². The summed E-state index contributed by atoms with van der Waals surface area (Å²) in [5.41, 5.74) is 0. The summed E-state index contributed by atoms with van der Waals surface area (Å²) in [6, 6.07) is 0. The van der Waals surface area contributed by atoms with Crippen molar-refractivity contribution in [3.63, 3.8) is 0 Å². The van der Waals surface area contributed by atoms with Crippen molar-refractivity contribution >= 4 is 0 Å². The summed E-state index contributed by atoms with van der Waals surface area (Å²) in [5, 5.41) is 3.59. The van der Waals surface area contributed by atoms with Crippen LogP contribution in [0.4, 0.5) is 0 Å². The molecule has 0 aliphatic carbocycles. The second kappa shape index (κ2) is 9.76. The van der Waals surface area contributed by atoms with E-state index in [1.165, 1.54) is 51.9 Å². The minimum absolute atomic E-state index is 0.767. The van der Waals surface area contributed by atoms with Crippen LogP contribution in [0.5, 0.6) is 0 Å². The molecule has 18 heavy (non-hydrogen) atoms. The van der Waals surface area contributed by atoms with Crippen molar-refractivity contribution in [3.8, 4) is 0 Å². The van der Waals surface area contributed by atoms with Gasteiger partial charge in [-0.1, -0.05) is 13.8 Å². The summed E-state index contributed by atoms with van der Waals surface area (Å²) in [4.78, 5) is 2.63. The minimum atomic E-state index is 0.767. The Morgan fingerprint density at radius 2 is 2.11 bits per heavy atom. The molecule has 0 aromatic heterocycles. The summed E-state index contributed by atoms with van der Waals surface area (Å²) in [6.07, 6.45) is 5.23. The van der Waals surface area contributed by atoms with Crippen molar-refractivity contribution in [2.45, 2.75) is 39.5 Å². The number of ether oxygens (including phenoxy) is 1. The molecular weight excluding hydrogens is 224 g/mol. The van der Waals surface area contributed by atoms with Crippen LogP contribution < -0.4 is 5.32 Å². The first-order valence-electron chi connectivity index (χ1n) is 7.64. The Morgan fingerprint density at radius 3 is 2.83 bits per heavy atom. The second-order valence-corrected chi connectivity index (χ2v) is 6.06. The monoisotopic (exact) mass is 256 g/mol. The Kier molecular flexibility index (Phi) is 8.64. The average Bonchev–Trinajstić information content (AvgIpc) is 2.76. The van der Waals surface area contributed by atoms with E-state index in [2.05, 4.69) is 24.1 Å². The summed E-state index contributed by atoms with van der Waals surface area (Å²) < 4.78 is 5.07. The van der Waals surface area contributed by atoms with E-state index >= 15 is 0 Å². The van der Waals surface area contributed by atoms with Crippen molar-refractivity contribution in [1.82, 2.24) is 10.2 Å². The molecule has 0 aromatic carbocycles.